The molecular weight excluding hydrogens is 399 g/mol. The Labute approximate surface area is 180 Å². The van der Waals surface area contributed by atoms with Crippen LogP contribution >= 0.6 is 0 Å². The zero-order chi connectivity index (χ0) is 22.4. The van der Waals surface area contributed by atoms with E-state index in [-0.39, 0.29) is 30.7 Å². The van der Waals surface area contributed by atoms with Crippen molar-refractivity contribution in [2.75, 3.05) is 11.9 Å². The van der Waals surface area contributed by atoms with Crippen LogP contribution in [0.2, 0.25) is 0 Å². The van der Waals surface area contributed by atoms with E-state index in [0.29, 0.717) is 22.9 Å². The number of anilines is 1. The van der Waals surface area contributed by atoms with Gasteiger partial charge in [-0.2, -0.15) is 0 Å². The van der Waals surface area contributed by atoms with Gasteiger partial charge in [0.05, 0.1) is 12.6 Å². The number of nitrogens with one attached hydrogen (secondary N) is 1. The summed E-state index contributed by atoms with van der Waals surface area (Å²) in [5.74, 6) is -0.427. The van der Waals surface area contributed by atoms with Crippen LogP contribution < -0.4 is 5.32 Å². The third kappa shape index (κ3) is 6.50. The van der Waals surface area contributed by atoms with Gasteiger partial charge in [0.15, 0.2) is 18.3 Å². The second-order valence-corrected chi connectivity index (χ2v) is 8.16. The van der Waals surface area contributed by atoms with Gasteiger partial charge >= 0.3 is 5.97 Å². The lowest BCUT2D eigenvalue weighted by Gasteiger charge is -2.19. The molecule has 0 aliphatic rings. The molecule has 31 heavy (non-hydrogen) atoms. The fourth-order valence-electron chi connectivity index (χ4n) is 2.85. The van der Waals surface area contributed by atoms with Gasteiger partial charge in [0.1, 0.15) is 5.82 Å². The lowest BCUT2D eigenvalue weighted by molar-refractivity contribution is -0.147. The summed E-state index contributed by atoms with van der Waals surface area (Å²) >= 11 is 0. The number of hydrogen-bond acceptors (Lipinski definition) is 5. The topological polar surface area (TPSA) is 81.4 Å². The van der Waals surface area contributed by atoms with Crippen LogP contribution in [0.25, 0.3) is 11.3 Å². The molecule has 1 aromatic heterocycles. The molecule has 0 aliphatic carbocycles. The van der Waals surface area contributed by atoms with E-state index in [4.69, 9.17) is 9.15 Å². The summed E-state index contributed by atoms with van der Waals surface area (Å²) in [4.78, 5) is 28.1. The Morgan fingerprint density at radius 2 is 1.74 bits per heavy atom. The molecule has 0 spiro atoms. The highest BCUT2D eigenvalue weighted by atomic mass is 19.1. The van der Waals surface area contributed by atoms with Crippen molar-refractivity contribution in [3.8, 4) is 11.3 Å². The van der Waals surface area contributed by atoms with Gasteiger partial charge in [-0.25, -0.2) is 9.37 Å². The van der Waals surface area contributed by atoms with E-state index in [1.54, 1.807) is 12.1 Å². The number of ether oxygens (including phenoxy) is 1. The number of carbonyl (C=O) groups excluding carboxylic acids is 2. The monoisotopic (exact) mass is 424 g/mol. The quantitative estimate of drug-likeness (QED) is 0.546. The summed E-state index contributed by atoms with van der Waals surface area (Å²) in [5.41, 5.74) is 2.52. The number of esters is 1. The van der Waals surface area contributed by atoms with Crippen molar-refractivity contribution >= 4 is 17.6 Å². The zero-order valence-electron chi connectivity index (χ0n) is 17.8. The first-order valence-corrected chi connectivity index (χ1v) is 9.97. The number of aryl methyl sites for hydroxylation is 1. The number of oxazole rings is 1. The van der Waals surface area contributed by atoms with Gasteiger partial charge < -0.3 is 14.5 Å². The fraction of sp³-hybridized carbons (Fsp3) is 0.292. The van der Waals surface area contributed by atoms with Crippen LogP contribution in [-0.4, -0.2) is 23.5 Å². The summed E-state index contributed by atoms with van der Waals surface area (Å²) in [7, 11) is 0. The zero-order valence-corrected chi connectivity index (χ0v) is 17.8. The van der Waals surface area contributed by atoms with Crippen molar-refractivity contribution in [1.29, 1.82) is 0 Å². The predicted octanol–water partition coefficient (Wildman–Crippen LogP) is 4.89. The second-order valence-electron chi connectivity index (χ2n) is 8.16. The van der Waals surface area contributed by atoms with E-state index >= 15 is 0 Å². The van der Waals surface area contributed by atoms with Crippen LogP contribution in [0, 0.1) is 5.82 Å². The molecule has 7 heteroatoms. The first kappa shape index (κ1) is 22.2. The number of amides is 1. The van der Waals surface area contributed by atoms with Gasteiger partial charge in [0.25, 0.3) is 5.91 Å². The minimum atomic E-state index is -0.528. The molecule has 0 unspecified atom stereocenters. The van der Waals surface area contributed by atoms with Crippen LogP contribution in [-0.2, 0) is 26.2 Å². The molecular formula is C24H25FN2O4. The standard InChI is InChI=1S/C24H25FN2O4/c1-24(2,3)17-6-10-19(11-7-17)27-21(28)15-30-23(29)13-12-22-26-14-20(31-22)16-4-8-18(25)9-5-16/h4-11,14H,12-13,15H2,1-3H3,(H,27,28). The molecule has 0 radical (unpaired) electrons. The molecule has 3 aromatic rings. The van der Waals surface area contributed by atoms with Crippen molar-refractivity contribution < 1.29 is 23.1 Å². The van der Waals surface area contributed by atoms with Gasteiger partial charge in [-0.15, -0.1) is 0 Å². The number of rotatable bonds is 7. The Morgan fingerprint density at radius 1 is 1.06 bits per heavy atom. The molecule has 1 amide bonds. The molecule has 2 aromatic carbocycles. The normalized spacial score (nSPS) is 11.2. The maximum absolute atomic E-state index is 13.0. The summed E-state index contributed by atoms with van der Waals surface area (Å²) in [6, 6.07) is 13.4. The van der Waals surface area contributed by atoms with E-state index in [1.807, 2.05) is 24.3 Å². The molecule has 0 saturated heterocycles. The molecule has 3 rings (SSSR count). The van der Waals surface area contributed by atoms with Gasteiger partial charge in [0, 0.05) is 17.7 Å². The Bertz CT molecular complexity index is 1030. The maximum atomic E-state index is 13.0. The molecule has 1 N–H and O–H groups in total. The van der Waals surface area contributed by atoms with E-state index in [2.05, 4.69) is 31.1 Å². The van der Waals surface area contributed by atoms with Crippen molar-refractivity contribution in [2.45, 2.75) is 39.0 Å². The molecule has 0 bridgehead atoms. The Hall–Kier alpha value is -3.48. The maximum Gasteiger partial charge on any atom is 0.306 e. The van der Waals surface area contributed by atoms with E-state index < -0.39 is 11.9 Å². The Balaban J connectivity index is 1.42. The van der Waals surface area contributed by atoms with E-state index in [9.17, 15) is 14.0 Å². The highest BCUT2D eigenvalue weighted by molar-refractivity contribution is 5.92. The summed E-state index contributed by atoms with van der Waals surface area (Å²) < 4.78 is 23.6. The highest BCUT2D eigenvalue weighted by Crippen LogP contribution is 2.23. The third-order valence-electron chi connectivity index (χ3n) is 4.62. The summed E-state index contributed by atoms with van der Waals surface area (Å²) in [6.07, 6.45) is 1.78. The molecule has 0 aliphatic heterocycles. The average Bonchev–Trinajstić information content (AvgIpc) is 3.20. The van der Waals surface area contributed by atoms with Crippen LogP contribution in [0.5, 0.6) is 0 Å². The minimum absolute atomic E-state index is 0.0247. The summed E-state index contributed by atoms with van der Waals surface area (Å²) in [6.45, 7) is 5.97. The minimum Gasteiger partial charge on any atom is -0.456 e. The number of benzene rings is 2. The molecule has 0 fully saturated rings. The van der Waals surface area contributed by atoms with Crippen molar-refractivity contribution in [3.05, 3.63) is 72.0 Å². The number of halogens is 1. The molecule has 0 atom stereocenters. The van der Waals surface area contributed by atoms with E-state index in [1.165, 1.54) is 18.3 Å². The SMILES string of the molecule is CC(C)(C)c1ccc(NC(=O)COC(=O)CCc2ncc(-c3ccc(F)cc3)o2)cc1. The van der Waals surface area contributed by atoms with Crippen molar-refractivity contribution in [1.82, 2.24) is 4.98 Å². The average molecular weight is 424 g/mol. The van der Waals surface area contributed by atoms with Crippen LogP contribution in [0.15, 0.2) is 59.1 Å². The van der Waals surface area contributed by atoms with Crippen LogP contribution in [0.4, 0.5) is 10.1 Å². The highest BCUT2D eigenvalue weighted by Gasteiger charge is 2.14. The number of hydrogen-bond donors (Lipinski definition) is 1. The van der Waals surface area contributed by atoms with Crippen LogP contribution in [0.3, 0.4) is 0 Å². The Kier molecular flexibility index (Phi) is 6.84. The largest absolute Gasteiger partial charge is 0.456 e. The predicted molar refractivity (Wildman–Crippen MR) is 115 cm³/mol. The lowest BCUT2D eigenvalue weighted by Crippen LogP contribution is -2.21. The lowest BCUT2D eigenvalue weighted by atomic mass is 9.87. The van der Waals surface area contributed by atoms with Crippen molar-refractivity contribution in [2.24, 2.45) is 0 Å². The summed E-state index contributed by atoms with van der Waals surface area (Å²) in [5, 5.41) is 2.70. The third-order valence-corrected chi connectivity index (χ3v) is 4.62. The number of nitrogens with zero attached hydrogens (tertiary/aromatic N) is 1. The number of carbonyl (C=O) groups is 2. The molecule has 162 valence electrons. The first-order valence-electron chi connectivity index (χ1n) is 9.97. The van der Waals surface area contributed by atoms with Gasteiger partial charge in [0.2, 0.25) is 0 Å². The molecule has 6 nitrogen and oxygen atoms in total. The first-order chi connectivity index (χ1) is 14.7. The van der Waals surface area contributed by atoms with Crippen LogP contribution in [0.1, 0.15) is 38.6 Å². The van der Waals surface area contributed by atoms with Gasteiger partial charge in [-0.1, -0.05) is 32.9 Å². The Morgan fingerprint density at radius 3 is 2.39 bits per heavy atom. The smallest absolute Gasteiger partial charge is 0.306 e. The molecule has 0 saturated carbocycles. The van der Waals surface area contributed by atoms with Gasteiger partial charge in [-0.3, -0.25) is 9.59 Å². The number of aromatic nitrogens is 1. The van der Waals surface area contributed by atoms with Crippen molar-refractivity contribution in [3.63, 3.8) is 0 Å². The van der Waals surface area contributed by atoms with Gasteiger partial charge in [-0.05, 0) is 47.4 Å². The molecule has 1 heterocycles. The van der Waals surface area contributed by atoms with E-state index in [0.717, 1.165) is 5.56 Å². The fourth-order valence-corrected chi connectivity index (χ4v) is 2.85. The second kappa shape index (κ2) is 9.55.